The highest BCUT2D eigenvalue weighted by molar-refractivity contribution is 5.79. The lowest BCUT2D eigenvalue weighted by atomic mass is 10.1. The number of hydrogen-bond acceptors (Lipinski definition) is 4. The lowest BCUT2D eigenvalue weighted by molar-refractivity contribution is 0.249. The number of likely N-dealkylation sites (N-methyl/N-ethyl adjacent to an activating group) is 1. The van der Waals surface area contributed by atoms with E-state index in [9.17, 15) is 0 Å². The lowest BCUT2D eigenvalue weighted by Crippen LogP contribution is -2.45. The Morgan fingerprint density at radius 2 is 1.72 bits per heavy atom. The maximum absolute atomic E-state index is 5.37. The Morgan fingerprint density at radius 3 is 2.38 bits per heavy atom. The number of methoxy groups -OCH3 is 2. The summed E-state index contributed by atoms with van der Waals surface area (Å²) in [5.41, 5.74) is 2.50. The molecular formula is C23H34N4O2. The third-order valence-corrected chi connectivity index (χ3v) is 4.97. The highest BCUT2D eigenvalue weighted by Crippen LogP contribution is 2.27. The molecule has 1 unspecified atom stereocenters. The molecule has 1 atom stereocenters. The van der Waals surface area contributed by atoms with Gasteiger partial charge in [-0.1, -0.05) is 36.4 Å². The first-order chi connectivity index (χ1) is 14.1. The molecule has 2 aromatic rings. The molecule has 0 aliphatic heterocycles. The van der Waals surface area contributed by atoms with Gasteiger partial charge < -0.3 is 20.1 Å². The monoisotopic (exact) mass is 398 g/mol. The van der Waals surface area contributed by atoms with E-state index in [2.05, 4.69) is 64.8 Å². The second-order valence-electron chi connectivity index (χ2n) is 7.07. The van der Waals surface area contributed by atoms with E-state index in [0.29, 0.717) is 6.04 Å². The Hall–Kier alpha value is -2.73. The SMILES string of the molecule is CN=C(NCCc1ccc(OC)c(OC)c1)NCC(C)N(C)Cc1ccccc1. The normalized spacial score (nSPS) is 12.6. The fraction of sp³-hybridized carbons (Fsp3) is 0.435. The van der Waals surface area contributed by atoms with Gasteiger partial charge in [0.1, 0.15) is 0 Å². The molecule has 0 fully saturated rings. The van der Waals surface area contributed by atoms with Crippen LogP contribution in [0.4, 0.5) is 0 Å². The molecule has 2 rings (SSSR count). The quantitative estimate of drug-likeness (QED) is 0.476. The minimum Gasteiger partial charge on any atom is -0.493 e. The smallest absolute Gasteiger partial charge is 0.191 e. The summed E-state index contributed by atoms with van der Waals surface area (Å²) >= 11 is 0. The van der Waals surface area contributed by atoms with Gasteiger partial charge in [-0.15, -0.1) is 0 Å². The van der Waals surface area contributed by atoms with Gasteiger partial charge >= 0.3 is 0 Å². The summed E-state index contributed by atoms with van der Waals surface area (Å²) in [4.78, 5) is 6.66. The number of aliphatic imine (C=N–C) groups is 1. The number of guanidine groups is 1. The molecule has 29 heavy (non-hydrogen) atoms. The number of rotatable bonds is 10. The van der Waals surface area contributed by atoms with Crippen LogP contribution in [0.5, 0.6) is 11.5 Å². The Labute approximate surface area is 174 Å². The van der Waals surface area contributed by atoms with E-state index in [1.165, 1.54) is 11.1 Å². The van der Waals surface area contributed by atoms with Crippen molar-refractivity contribution in [2.45, 2.75) is 25.9 Å². The maximum atomic E-state index is 5.37. The third-order valence-electron chi connectivity index (χ3n) is 4.97. The summed E-state index contributed by atoms with van der Waals surface area (Å²) in [6, 6.07) is 16.9. The molecular weight excluding hydrogens is 364 g/mol. The number of nitrogens with one attached hydrogen (secondary N) is 2. The Bertz CT molecular complexity index is 765. The van der Waals surface area contributed by atoms with Crippen molar-refractivity contribution in [3.63, 3.8) is 0 Å². The average Bonchev–Trinajstić information content (AvgIpc) is 2.76. The zero-order valence-electron chi connectivity index (χ0n) is 18.2. The predicted molar refractivity (Wildman–Crippen MR) is 120 cm³/mol. The van der Waals surface area contributed by atoms with Crippen LogP contribution in [0.15, 0.2) is 53.5 Å². The van der Waals surface area contributed by atoms with E-state index in [1.807, 2.05) is 18.2 Å². The molecule has 158 valence electrons. The Morgan fingerprint density at radius 1 is 1.00 bits per heavy atom. The Kier molecular flexibility index (Phi) is 9.31. The van der Waals surface area contributed by atoms with Crippen molar-refractivity contribution in [2.24, 2.45) is 4.99 Å². The van der Waals surface area contributed by atoms with E-state index in [-0.39, 0.29) is 0 Å². The van der Waals surface area contributed by atoms with Crippen molar-refractivity contribution in [3.8, 4) is 11.5 Å². The van der Waals surface area contributed by atoms with Gasteiger partial charge in [-0.2, -0.15) is 0 Å². The summed E-state index contributed by atoms with van der Waals surface area (Å²) < 4.78 is 10.7. The first kappa shape index (κ1) is 22.6. The summed E-state index contributed by atoms with van der Waals surface area (Å²) in [5.74, 6) is 2.31. The topological polar surface area (TPSA) is 58.1 Å². The van der Waals surface area contributed by atoms with Crippen molar-refractivity contribution < 1.29 is 9.47 Å². The molecule has 0 aliphatic rings. The molecule has 2 aromatic carbocycles. The van der Waals surface area contributed by atoms with E-state index in [4.69, 9.17) is 9.47 Å². The van der Waals surface area contributed by atoms with Gasteiger partial charge in [0.15, 0.2) is 17.5 Å². The molecule has 0 heterocycles. The number of benzene rings is 2. The van der Waals surface area contributed by atoms with Gasteiger partial charge in [-0.25, -0.2) is 0 Å². The van der Waals surface area contributed by atoms with E-state index < -0.39 is 0 Å². The van der Waals surface area contributed by atoms with Crippen LogP contribution in [-0.4, -0.2) is 58.3 Å². The van der Waals surface area contributed by atoms with Crippen molar-refractivity contribution >= 4 is 5.96 Å². The fourth-order valence-electron chi connectivity index (χ4n) is 3.01. The second kappa shape index (κ2) is 12.0. The highest BCUT2D eigenvalue weighted by Gasteiger charge is 2.10. The van der Waals surface area contributed by atoms with Crippen LogP contribution in [0.25, 0.3) is 0 Å². The summed E-state index contributed by atoms with van der Waals surface area (Å²) in [5, 5.41) is 6.79. The van der Waals surface area contributed by atoms with Crippen LogP contribution in [0.3, 0.4) is 0 Å². The van der Waals surface area contributed by atoms with Gasteiger partial charge in [0.2, 0.25) is 0 Å². The first-order valence-corrected chi connectivity index (χ1v) is 9.97. The van der Waals surface area contributed by atoms with Crippen molar-refractivity contribution in [3.05, 3.63) is 59.7 Å². The zero-order chi connectivity index (χ0) is 21.1. The zero-order valence-corrected chi connectivity index (χ0v) is 18.2. The summed E-state index contributed by atoms with van der Waals surface area (Å²) in [7, 11) is 7.24. The number of nitrogens with zero attached hydrogens (tertiary/aromatic N) is 2. The number of hydrogen-bond donors (Lipinski definition) is 2. The molecule has 2 N–H and O–H groups in total. The lowest BCUT2D eigenvalue weighted by Gasteiger charge is -2.25. The van der Waals surface area contributed by atoms with Crippen LogP contribution < -0.4 is 20.1 Å². The molecule has 6 nitrogen and oxygen atoms in total. The first-order valence-electron chi connectivity index (χ1n) is 9.97. The van der Waals surface area contributed by atoms with Crippen molar-refractivity contribution in [1.82, 2.24) is 15.5 Å². The van der Waals surface area contributed by atoms with E-state index in [1.54, 1.807) is 21.3 Å². The largest absolute Gasteiger partial charge is 0.493 e. The van der Waals surface area contributed by atoms with Crippen LogP contribution in [0.1, 0.15) is 18.1 Å². The predicted octanol–water partition coefficient (Wildman–Crippen LogP) is 2.93. The molecule has 0 saturated carbocycles. The van der Waals surface area contributed by atoms with Crippen LogP contribution in [0.2, 0.25) is 0 Å². The standard InChI is InChI=1S/C23H34N4O2/c1-18(27(3)17-20-9-7-6-8-10-20)16-26-23(24-2)25-14-13-19-11-12-21(28-4)22(15-19)29-5/h6-12,15,18H,13-14,16-17H2,1-5H3,(H2,24,25,26). The second-order valence-corrected chi connectivity index (χ2v) is 7.07. The molecule has 0 spiro atoms. The molecule has 0 radical (unpaired) electrons. The van der Waals surface area contributed by atoms with Crippen molar-refractivity contribution in [1.29, 1.82) is 0 Å². The minimum absolute atomic E-state index is 0.375. The third kappa shape index (κ3) is 7.31. The van der Waals surface area contributed by atoms with Crippen molar-refractivity contribution in [2.75, 3.05) is 41.4 Å². The Balaban J connectivity index is 1.76. The van der Waals surface area contributed by atoms with Gasteiger partial charge in [-0.05, 0) is 43.7 Å². The molecule has 0 aromatic heterocycles. The highest BCUT2D eigenvalue weighted by atomic mass is 16.5. The molecule has 0 bridgehead atoms. The van der Waals surface area contributed by atoms with E-state index in [0.717, 1.165) is 43.5 Å². The minimum atomic E-state index is 0.375. The fourth-order valence-corrected chi connectivity index (χ4v) is 3.01. The number of ether oxygens (including phenoxy) is 2. The summed E-state index contributed by atoms with van der Waals surface area (Å²) in [6.45, 7) is 4.74. The van der Waals surface area contributed by atoms with Gasteiger partial charge in [0.05, 0.1) is 14.2 Å². The van der Waals surface area contributed by atoms with Gasteiger partial charge in [-0.3, -0.25) is 9.89 Å². The summed E-state index contributed by atoms with van der Waals surface area (Å²) in [6.07, 6.45) is 0.866. The van der Waals surface area contributed by atoms with Crippen LogP contribution >= 0.6 is 0 Å². The molecule has 0 saturated heterocycles. The molecule has 0 aliphatic carbocycles. The van der Waals surface area contributed by atoms with E-state index >= 15 is 0 Å². The van der Waals surface area contributed by atoms with Crippen LogP contribution in [0, 0.1) is 0 Å². The van der Waals surface area contributed by atoms with Gasteiger partial charge in [0.25, 0.3) is 0 Å². The average molecular weight is 399 g/mol. The van der Waals surface area contributed by atoms with Gasteiger partial charge in [0, 0.05) is 32.7 Å². The molecule has 0 amide bonds. The molecule has 6 heteroatoms. The van der Waals surface area contributed by atoms with Crippen LogP contribution in [-0.2, 0) is 13.0 Å². The maximum Gasteiger partial charge on any atom is 0.191 e.